The van der Waals surface area contributed by atoms with Crippen LogP contribution in [0.15, 0.2) is 35.5 Å². The van der Waals surface area contributed by atoms with Gasteiger partial charge in [0.1, 0.15) is 0 Å². The Balaban J connectivity index is 2.27. The van der Waals surface area contributed by atoms with Gasteiger partial charge in [0.25, 0.3) is 0 Å². The molecule has 1 aliphatic heterocycles. The van der Waals surface area contributed by atoms with Crippen molar-refractivity contribution in [2.24, 2.45) is 0 Å². The van der Waals surface area contributed by atoms with E-state index in [0.717, 1.165) is 0 Å². The van der Waals surface area contributed by atoms with Gasteiger partial charge in [0.2, 0.25) is 0 Å². The first-order chi connectivity index (χ1) is 7.22. The van der Waals surface area contributed by atoms with E-state index >= 15 is 0 Å². The molecule has 0 aromatic heterocycles. The summed E-state index contributed by atoms with van der Waals surface area (Å²) in [5.74, 6) is -0.147. The molecule has 0 fully saturated rings. The van der Waals surface area contributed by atoms with E-state index in [9.17, 15) is 9.59 Å². The number of rotatable bonds is 1. The topological polar surface area (TPSA) is 43.4 Å². The van der Waals surface area contributed by atoms with E-state index in [4.69, 9.17) is 4.74 Å². The molecular formula is C12H12O3. The fourth-order valence-corrected chi connectivity index (χ4v) is 1.82. The summed E-state index contributed by atoms with van der Waals surface area (Å²) in [7, 11) is 0. The van der Waals surface area contributed by atoms with Crippen LogP contribution in [-0.2, 0) is 14.3 Å². The standard InChI is InChI=1S/C12H12O3/c1-2-3-8-6-9-10(7-15-8)12(14)5-4-11(9)13/h2-5,8H,6-7H2,1H3. The van der Waals surface area contributed by atoms with E-state index in [1.54, 1.807) is 0 Å². The van der Waals surface area contributed by atoms with E-state index in [1.807, 2.05) is 19.1 Å². The number of ketones is 2. The van der Waals surface area contributed by atoms with Crippen molar-refractivity contribution in [1.82, 2.24) is 0 Å². The Hall–Kier alpha value is -1.48. The van der Waals surface area contributed by atoms with E-state index < -0.39 is 0 Å². The zero-order valence-electron chi connectivity index (χ0n) is 8.53. The van der Waals surface area contributed by atoms with Gasteiger partial charge in [0.05, 0.1) is 12.7 Å². The Morgan fingerprint density at radius 3 is 2.60 bits per heavy atom. The summed E-state index contributed by atoms with van der Waals surface area (Å²) in [6.07, 6.45) is 6.90. The second kappa shape index (κ2) is 3.95. The summed E-state index contributed by atoms with van der Waals surface area (Å²) in [4.78, 5) is 23.0. The van der Waals surface area contributed by atoms with Crippen molar-refractivity contribution >= 4 is 11.6 Å². The van der Waals surface area contributed by atoms with Gasteiger partial charge in [-0.2, -0.15) is 0 Å². The van der Waals surface area contributed by atoms with Crippen molar-refractivity contribution in [2.45, 2.75) is 19.4 Å². The maximum absolute atomic E-state index is 11.5. The lowest BCUT2D eigenvalue weighted by Gasteiger charge is -2.25. The van der Waals surface area contributed by atoms with Crippen LogP contribution >= 0.6 is 0 Å². The van der Waals surface area contributed by atoms with Gasteiger partial charge in [0.15, 0.2) is 11.6 Å². The van der Waals surface area contributed by atoms with Crippen LogP contribution in [0.5, 0.6) is 0 Å². The summed E-state index contributed by atoms with van der Waals surface area (Å²) < 4.78 is 5.45. The maximum atomic E-state index is 11.5. The highest BCUT2D eigenvalue weighted by Crippen LogP contribution is 2.26. The summed E-state index contributed by atoms with van der Waals surface area (Å²) in [6, 6.07) is 0. The zero-order valence-corrected chi connectivity index (χ0v) is 8.53. The lowest BCUT2D eigenvalue weighted by Crippen LogP contribution is -2.28. The Labute approximate surface area is 88.1 Å². The third kappa shape index (κ3) is 1.83. The van der Waals surface area contributed by atoms with Gasteiger partial charge in [-0.15, -0.1) is 0 Å². The van der Waals surface area contributed by atoms with Gasteiger partial charge >= 0.3 is 0 Å². The first-order valence-electron chi connectivity index (χ1n) is 4.95. The number of hydrogen-bond acceptors (Lipinski definition) is 3. The molecule has 0 amide bonds. The van der Waals surface area contributed by atoms with Gasteiger partial charge in [-0.05, 0) is 19.1 Å². The summed E-state index contributed by atoms with van der Waals surface area (Å²) in [5.41, 5.74) is 1.15. The molecule has 15 heavy (non-hydrogen) atoms. The maximum Gasteiger partial charge on any atom is 0.184 e. The van der Waals surface area contributed by atoms with Crippen LogP contribution in [0.4, 0.5) is 0 Å². The largest absolute Gasteiger partial charge is 0.369 e. The molecule has 3 nitrogen and oxygen atoms in total. The molecule has 0 N–H and O–H groups in total. The normalized spacial score (nSPS) is 26.3. The van der Waals surface area contributed by atoms with Gasteiger partial charge in [-0.1, -0.05) is 12.2 Å². The fraction of sp³-hybridized carbons (Fsp3) is 0.333. The second-order valence-electron chi connectivity index (χ2n) is 3.60. The fourth-order valence-electron chi connectivity index (χ4n) is 1.82. The monoisotopic (exact) mass is 204 g/mol. The molecule has 0 bridgehead atoms. The highest BCUT2D eigenvalue weighted by Gasteiger charge is 2.28. The summed E-state index contributed by atoms with van der Waals surface area (Å²) in [5, 5.41) is 0. The van der Waals surface area contributed by atoms with Crippen LogP contribution in [0.25, 0.3) is 0 Å². The molecule has 0 spiro atoms. The Bertz CT molecular complexity index is 399. The molecule has 2 aliphatic rings. The van der Waals surface area contributed by atoms with Crippen molar-refractivity contribution in [3.63, 3.8) is 0 Å². The number of allylic oxidation sites excluding steroid dienone is 3. The molecule has 1 unspecified atom stereocenters. The summed E-state index contributed by atoms with van der Waals surface area (Å²) >= 11 is 0. The third-order valence-corrected chi connectivity index (χ3v) is 2.60. The SMILES string of the molecule is CC=CC1CC2=C(CO1)C(=O)C=CC2=O. The number of hydrogen-bond donors (Lipinski definition) is 0. The second-order valence-corrected chi connectivity index (χ2v) is 3.60. The van der Waals surface area contributed by atoms with Crippen LogP contribution < -0.4 is 0 Å². The quantitative estimate of drug-likeness (QED) is 0.478. The Morgan fingerprint density at radius 1 is 1.27 bits per heavy atom. The van der Waals surface area contributed by atoms with Crippen molar-refractivity contribution in [2.75, 3.05) is 6.61 Å². The molecule has 0 saturated carbocycles. The third-order valence-electron chi connectivity index (χ3n) is 2.60. The minimum Gasteiger partial charge on any atom is -0.369 e. The predicted molar refractivity (Wildman–Crippen MR) is 55.4 cm³/mol. The number of ether oxygens (including phenoxy) is 1. The predicted octanol–water partition coefficient (Wildman–Crippen LogP) is 1.36. The van der Waals surface area contributed by atoms with Gasteiger partial charge < -0.3 is 4.74 Å². The Kier molecular flexibility index (Phi) is 2.64. The minimum atomic E-state index is -0.0940. The van der Waals surface area contributed by atoms with Crippen LogP contribution in [0.2, 0.25) is 0 Å². The average molecular weight is 204 g/mol. The van der Waals surface area contributed by atoms with E-state index in [2.05, 4.69) is 0 Å². The molecule has 1 atom stereocenters. The lowest BCUT2D eigenvalue weighted by atomic mass is 9.89. The molecule has 78 valence electrons. The van der Waals surface area contributed by atoms with Crippen LogP contribution in [0.1, 0.15) is 13.3 Å². The molecule has 0 aromatic carbocycles. The molecule has 2 rings (SSSR count). The van der Waals surface area contributed by atoms with Crippen LogP contribution in [0, 0.1) is 0 Å². The highest BCUT2D eigenvalue weighted by atomic mass is 16.5. The molecule has 0 radical (unpaired) electrons. The molecule has 0 aromatic rings. The Morgan fingerprint density at radius 2 is 1.93 bits per heavy atom. The van der Waals surface area contributed by atoms with Crippen LogP contribution in [0.3, 0.4) is 0 Å². The van der Waals surface area contributed by atoms with E-state index in [0.29, 0.717) is 17.6 Å². The van der Waals surface area contributed by atoms with Crippen molar-refractivity contribution in [1.29, 1.82) is 0 Å². The molecular weight excluding hydrogens is 192 g/mol. The minimum absolute atomic E-state index is 0.0533. The van der Waals surface area contributed by atoms with Crippen molar-refractivity contribution in [3.8, 4) is 0 Å². The smallest absolute Gasteiger partial charge is 0.184 e. The first-order valence-corrected chi connectivity index (χ1v) is 4.95. The van der Waals surface area contributed by atoms with Gasteiger partial charge in [0, 0.05) is 17.6 Å². The van der Waals surface area contributed by atoms with Gasteiger partial charge in [-0.25, -0.2) is 0 Å². The van der Waals surface area contributed by atoms with Crippen molar-refractivity contribution in [3.05, 3.63) is 35.5 Å². The molecule has 0 saturated heterocycles. The van der Waals surface area contributed by atoms with E-state index in [1.165, 1.54) is 12.2 Å². The summed E-state index contributed by atoms with van der Waals surface area (Å²) in [6.45, 7) is 2.15. The first kappa shape index (κ1) is 10.1. The molecule has 1 aliphatic carbocycles. The average Bonchev–Trinajstić information content (AvgIpc) is 2.24. The number of carbonyl (C=O) groups is 2. The van der Waals surface area contributed by atoms with Crippen LogP contribution in [-0.4, -0.2) is 24.3 Å². The number of carbonyl (C=O) groups excluding carboxylic acids is 2. The zero-order chi connectivity index (χ0) is 10.8. The van der Waals surface area contributed by atoms with Crippen molar-refractivity contribution < 1.29 is 14.3 Å². The van der Waals surface area contributed by atoms with E-state index in [-0.39, 0.29) is 24.3 Å². The van der Waals surface area contributed by atoms with Gasteiger partial charge in [-0.3, -0.25) is 9.59 Å². The lowest BCUT2D eigenvalue weighted by molar-refractivity contribution is -0.116. The molecule has 3 heteroatoms. The highest BCUT2D eigenvalue weighted by molar-refractivity contribution is 6.20. The molecule has 1 heterocycles.